The molecule has 0 unspecified atom stereocenters. The molecule has 0 saturated carbocycles. The van der Waals surface area contributed by atoms with E-state index in [9.17, 15) is 9.59 Å². The third-order valence-electron chi connectivity index (χ3n) is 2.92. The van der Waals surface area contributed by atoms with Crippen LogP contribution in [0, 0.1) is 6.92 Å². The molecule has 0 heterocycles. The Kier molecular flexibility index (Phi) is 4.51. The molecule has 0 aliphatic carbocycles. The highest BCUT2D eigenvalue weighted by Crippen LogP contribution is 2.15. The normalized spacial score (nSPS) is 10.5. The van der Waals surface area contributed by atoms with Gasteiger partial charge in [0.2, 0.25) is 5.91 Å². The maximum atomic E-state index is 11.8. The van der Waals surface area contributed by atoms with Crippen molar-refractivity contribution in [2.75, 3.05) is 5.32 Å². The molecule has 0 aliphatic rings. The largest absolute Gasteiger partial charge is 0.478 e. The van der Waals surface area contributed by atoms with Gasteiger partial charge in [-0.3, -0.25) is 4.79 Å². The van der Waals surface area contributed by atoms with Gasteiger partial charge < -0.3 is 10.4 Å². The van der Waals surface area contributed by atoms with Gasteiger partial charge in [0, 0.05) is 6.08 Å². The first-order valence-electron chi connectivity index (χ1n) is 6.44. The molecule has 2 rings (SSSR count). The first-order valence-corrected chi connectivity index (χ1v) is 6.44. The van der Waals surface area contributed by atoms with Gasteiger partial charge >= 0.3 is 5.97 Å². The number of nitrogens with one attached hydrogen (secondary N) is 1. The van der Waals surface area contributed by atoms with E-state index in [-0.39, 0.29) is 17.2 Å². The van der Waals surface area contributed by atoms with Crippen LogP contribution in [-0.4, -0.2) is 17.0 Å². The Balaban J connectivity index is 2.08. The first-order chi connectivity index (χ1) is 10.1. The van der Waals surface area contributed by atoms with Crippen molar-refractivity contribution in [2.45, 2.75) is 6.92 Å². The van der Waals surface area contributed by atoms with E-state index in [1.165, 1.54) is 12.1 Å². The average Bonchev–Trinajstić information content (AvgIpc) is 2.47. The molecule has 0 saturated heterocycles. The summed E-state index contributed by atoms with van der Waals surface area (Å²) in [5, 5.41) is 11.6. The quantitative estimate of drug-likeness (QED) is 0.845. The van der Waals surface area contributed by atoms with Gasteiger partial charge in [0.1, 0.15) is 0 Å². The van der Waals surface area contributed by atoms with Crippen molar-refractivity contribution in [2.24, 2.45) is 0 Å². The molecular weight excluding hydrogens is 266 g/mol. The summed E-state index contributed by atoms with van der Waals surface area (Å²) in [5.41, 5.74) is 2.40. The van der Waals surface area contributed by atoms with E-state index in [2.05, 4.69) is 5.32 Å². The molecule has 0 aliphatic heterocycles. The number of para-hydroxylation sites is 1. The molecule has 1 amide bonds. The number of benzene rings is 2. The zero-order valence-corrected chi connectivity index (χ0v) is 11.5. The fourth-order valence-electron chi connectivity index (χ4n) is 1.80. The standard InChI is InChI=1S/C17H15NO3/c1-12-6-8-13(9-7-12)10-11-16(19)18-15-5-3-2-4-14(15)17(20)21/h2-11H,1H3,(H,18,19)(H,20,21). The van der Waals surface area contributed by atoms with E-state index >= 15 is 0 Å². The highest BCUT2D eigenvalue weighted by Gasteiger charge is 2.09. The van der Waals surface area contributed by atoms with Gasteiger partial charge in [0.25, 0.3) is 0 Å². The second-order valence-electron chi connectivity index (χ2n) is 4.58. The van der Waals surface area contributed by atoms with Crippen molar-refractivity contribution < 1.29 is 14.7 Å². The fraction of sp³-hybridized carbons (Fsp3) is 0.0588. The molecule has 4 nitrogen and oxygen atoms in total. The van der Waals surface area contributed by atoms with Crippen molar-refractivity contribution in [1.29, 1.82) is 0 Å². The number of aryl methyl sites for hydroxylation is 1. The lowest BCUT2D eigenvalue weighted by molar-refractivity contribution is -0.111. The van der Waals surface area contributed by atoms with Crippen molar-refractivity contribution in [3.05, 3.63) is 71.3 Å². The second kappa shape index (κ2) is 6.52. The van der Waals surface area contributed by atoms with Gasteiger partial charge in [-0.25, -0.2) is 4.79 Å². The lowest BCUT2D eigenvalue weighted by Gasteiger charge is -2.05. The summed E-state index contributed by atoms with van der Waals surface area (Å²) in [6.45, 7) is 1.99. The minimum Gasteiger partial charge on any atom is -0.478 e. The van der Waals surface area contributed by atoms with Crippen molar-refractivity contribution in [1.82, 2.24) is 0 Å². The lowest BCUT2D eigenvalue weighted by Crippen LogP contribution is -2.11. The van der Waals surface area contributed by atoms with Gasteiger partial charge in [-0.1, -0.05) is 42.0 Å². The molecular formula is C17H15NO3. The minimum absolute atomic E-state index is 0.0644. The van der Waals surface area contributed by atoms with Crippen molar-refractivity contribution in [3.63, 3.8) is 0 Å². The molecule has 2 aromatic rings. The van der Waals surface area contributed by atoms with Crippen LogP contribution in [-0.2, 0) is 4.79 Å². The Labute approximate surface area is 122 Å². The number of anilines is 1. The number of carbonyl (C=O) groups excluding carboxylic acids is 1. The van der Waals surface area contributed by atoms with Crippen LogP contribution in [0.5, 0.6) is 0 Å². The van der Waals surface area contributed by atoms with E-state index in [4.69, 9.17) is 5.11 Å². The number of carboxylic acids is 1. The molecule has 21 heavy (non-hydrogen) atoms. The number of carbonyl (C=O) groups is 2. The van der Waals surface area contributed by atoms with Crippen LogP contribution < -0.4 is 5.32 Å². The molecule has 0 spiro atoms. The smallest absolute Gasteiger partial charge is 0.337 e. The number of amides is 1. The lowest BCUT2D eigenvalue weighted by atomic mass is 10.1. The highest BCUT2D eigenvalue weighted by molar-refractivity contribution is 6.06. The average molecular weight is 281 g/mol. The maximum absolute atomic E-state index is 11.8. The predicted molar refractivity (Wildman–Crippen MR) is 82.2 cm³/mol. The maximum Gasteiger partial charge on any atom is 0.337 e. The summed E-state index contributed by atoms with van der Waals surface area (Å²) in [4.78, 5) is 22.9. The highest BCUT2D eigenvalue weighted by atomic mass is 16.4. The topological polar surface area (TPSA) is 66.4 Å². The summed E-state index contributed by atoms with van der Waals surface area (Å²) in [5.74, 6) is -1.45. The third-order valence-corrected chi connectivity index (χ3v) is 2.92. The summed E-state index contributed by atoms with van der Waals surface area (Å²) >= 11 is 0. The third kappa shape index (κ3) is 4.04. The summed E-state index contributed by atoms with van der Waals surface area (Å²) < 4.78 is 0. The summed E-state index contributed by atoms with van der Waals surface area (Å²) in [6.07, 6.45) is 3.06. The van der Waals surface area contributed by atoms with Gasteiger partial charge in [0.05, 0.1) is 11.3 Å². The molecule has 0 bridgehead atoms. The van der Waals surface area contributed by atoms with Crippen LogP contribution in [0.2, 0.25) is 0 Å². The molecule has 0 aromatic heterocycles. The SMILES string of the molecule is Cc1ccc(C=CC(=O)Nc2ccccc2C(=O)O)cc1. The van der Waals surface area contributed by atoms with Crippen LogP contribution in [0.1, 0.15) is 21.5 Å². The Hall–Kier alpha value is -2.88. The molecule has 106 valence electrons. The molecule has 0 fully saturated rings. The fourth-order valence-corrected chi connectivity index (χ4v) is 1.80. The van der Waals surface area contributed by atoms with Crippen LogP contribution >= 0.6 is 0 Å². The number of hydrogen-bond acceptors (Lipinski definition) is 2. The van der Waals surface area contributed by atoms with E-state index in [0.29, 0.717) is 0 Å². The molecule has 4 heteroatoms. The molecule has 2 aromatic carbocycles. The van der Waals surface area contributed by atoms with E-state index in [1.807, 2.05) is 31.2 Å². The molecule has 0 atom stereocenters. The summed E-state index contributed by atoms with van der Waals surface area (Å²) in [7, 11) is 0. The first kappa shape index (κ1) is 14.5. The van der Waals surface area contributed by atoms with E-state index in [1.54, 1.807) is 24.3 Å². The van der Waals surface area contributed by atoms with Gasteiger partial charge in [-0.05, 0) is 30.7 Å². The van der Waals surface area contributed by atoms with Gasteiger partial charge in [0.15, 0.2) is 0 Å². The molecule has 0 radical (unpaired) electrons. The predicted octanol–water partition coefficient (Wildman–Crippen LogP) is 3.35. The van der Waals surface area contributed by atoms with Crippen LogP contribution in [0.3, 0.4) is 0 Å². The van der Waals surface area contributed by atoms with Gasteiger partial charge in [-0.2, -0.15) is 0 Å². The van der Waals surface area contributed by atoms with Crippen LogP contribution in [0.15, 0.2) is 54.6 Å². The van der Waals surface area contributed by atoms with E-state index < -0.39 is 5.97 Å². The summed E-state index contributed by atoms with van der Waals surface area (Å²) in [6, 6.07) is 14.0. The number of rotatable bonds is 4. The zero-order valence-electron chi connectivity index (χ0n) is 11.5. The van der Waals surface area contributed by atoms with E-state index in [0.717, 1.165) is 11.1 Å². The Morgan fingerprint density at radius 1 is 1.05 bits per heavy atom. The number of carboxylic acid groups (broad SMARTS) is 1. The Bertz CT molecular complexity index is 687. The molecule has 2 N–H and O–H groups in total. The Morgan fingerprint density at radius 3 is 2.38 bits per heavy atom. The number of aromatic carboxylic acids is 1. The zero-order chi connectivity index (χ0) is 15.2. The second-order valence-corrected chi connectivity index (χ2v) is 4.58. The van der Waals surface area contributed by atoms with Gasteiger partial charge in [-0.15, -0.1) is 0 Å². The van der Waals surface area contributed by atoms with Crippen molar-refractivity contribution >= 4 is 23.6 Å². The van der Waals surface area contributed by atoms with Crippen molar-refractivity contribution in [3.8, 4) is 0 Å². The van der Waals surface area contributed by atoms with Crippen LogP contribution in [0.4, 0.5) is 5.69 Å². The minimum atomic E-state index is -1.08. The Morgan fingerprint density at radius 2 is 1.71 bits per heavy atom. The van der Waals surface area contributed by atoms with Crippen LogP contribution in [0.25, 0.3) is 6.08 Å². The number of hydrogen-bond donors (Lipinski definition) is 2. The monoisotopic (exact) mass is 281 g/mol.